The molecule has 1 heterocycles. The van der Waals surface area contributed by atoms with Crippen molar-refractivity contribution in [2.75, 3.05) is 0 Å². The molecule has 22 heavy (non-hydrogen) atoms. The van der Waals surface area contributed by atoms with Crippen LogP contribution < -0.4 is 4.74 Å². The van der Waals surface area contributed by atoms with Gasteiger partial charge in [0.15, 0.2) is 6.10 Å². The van der Waals surface area contributed by atoms with Gasteiger partial charge < -0.3 is 9.84 Å². The van der Waals surface area contributed by atoms with Gasteiger partial charge in [-0.3, -0.25) is 10.1 Å². The number of rotatable bonds is 2. The monoisotopic (exact) mass is 339 g/mol. The topological polar surface area (TPSA) is 72.6 Å². The maximum atomic E-state index is 11.6. The van der Waals surface area contributed by atoms with Gasteiger partial charge in [0.1, 0.15) is 5.75 Å². The van der Waals surface area contributed by atoms with Gasteiger partial charge in [-0.2, -0.15) is 0 Å². The number of alkyl halides is 1. The first-order valence-electron chi connectivity index (χ1n) is 6.47. The number of hydrogen-bond acceptors (Lipinski definition) is 4. The SMILES string of the molecule is O=[N+]([O-])C1(Cl)C(O)c2ccccc2OC1c1cccc(Cl)c1. The van der Waals surface area contributed by atoms with Crippen molar-refractivity contribution in [2.45, 2.75) is 17.2 Å². The second-order valence-corrected chi connectivity index (χ2v) is 6.02. The molecule has 0 amide bonds. The summed E-state index contributed by atoms with van der Waals surface area (Å²) in [5.74, 6) is 0.359. The zero-order valence-electron chi connectivity index (χ0n) is 11.1. The number of aliphatic hydroxyl groups is 1. The molecule has 3 unspecified atom stereocenters. The maximum Gasteiger partial charge on any atom is 0.364 e. The molecule has 0 aliphatic carbocycles. The van der Waals surface area contributed by atoms with Gasteiger partial charge >= 0.3 is 5.00 Å². The third-order valence-corrected chi connectivity index (χ3v) is 4.42. The van der Waals surface area contributed by atoms with Crippen molar-refractivity contribution in [3.8, 4) is 5.75 Å². The minimum Gasteiger partial charge on any atom is -0.476 e. The van der Waals surface area contributed by atoms with Gasteiger partial charge in [-0.25, -0.2) is 0 Å². The number of aliphatic hydroxyl groups excluding tert-OH is 1. The van der Waals surface area contributed by atoms with Crippen molar-refractivity contribution >= 4 is 23.2 Å². The second kappa shape index (κ2) is 5.43. The maximum absolute atomic E-state index is 11.6. The molecule has 1 N–H and O–H groups in total. The van der Waals surface area contributed by atoms with E-state index in [2.05, 4.69) is 0 Å². The van der Waals surface area contributed by atoms with E-state index in [1.54, 1.807) is 42.5 Å². The molecule has 0 fully saturated rings. The molecule has 0 saturated heterocycles. The van der Waals surface area contributed by atoms with E-state index in [1.165, 1.54) is 6.07 Å². The normalized spacial score (nSPS) is 26.9. The highest BCUT2D eigenvalue weighted by Gasteiger charge is 2.61. The van der Waals surface area contributed by atoms with E-state index in [9.17, 15) is 15.2 Å². The molecule has 7 heteroatoms. The van der Waals surface area contributed by atoms with Crippen LogP contribution in [0.1, 0.15) is 23.3 Å². The van der Waals surface area contributed by atoms with Gasteiger partial charge in [-0.05, 0) is 29.8 Å². The first-order chi connectivity index (χ1) is 10.4. The summed E-state index contributed by atoms with van der Waals surface area (Å²) in [5.41, 5.74) is 0.709. The molecule has 5 nitrogen and oxygen atoms in total. The van der Waals surface area contributed by atoms with Crippen LogP contribution in [0.25, 0.3) is 0 Å². The number of ether oxygens (including phenoxy) is 1. The summed E-state index contributed by atoms with van der Waals surface area (Å²) in [5, 5.41) is 22.4. The van der Waals surface area contributed by atoms with Crippen LogP contribution in [-0.4, -0.2) is 15.0 Å². The van der Waals surface area contributed by atoms with Gasteiger partial charge in [0, 0.05) is 16.1 Å². The molecule has 1 aliphatic rings. The van der Waals surface area contributed by atoms with E-state index in [0.29, 0.717) is 16.3 Å². The van der Waals surface area contributed by atoms with Crippen LogP contribution in [-0.2, 0) is 0 Å². The highest BCUT2D eigenvalue weighted by Crippen LogP contribution is 2.51. The molecule has 2 aromatic rings. The summed E-state index contributed by atoms with van der Waals surface area (Å²) in [4.78, 5) is 8.61. The zero-order chi connectivity index (χ0) is 15.9. The fourth-order valence-corrected chi connectivity index (χ4v) is 3.04. The molecule has 1 aliphatic heterocycles. The summed E-state index contributed by atoms with van der Waals surface area (Å²) >= 11 is 12.2. The Morgan fingerprint density at radius 2 is 1.95 bits per heavy atom. The van der Waals surface area contributed by atoms with E-state index in [0.717, 1.165) is 0 Å². The Morgan fingerprint density at radius 3 is 2.64 bits per heavy atom. The van der Waals surface area contributed by atoms with E-state index in [4.69, 9.17) is 27.9 Å². The molecule has 2 aromatic carbocycles. The Kier molecular flexibility index (Phi) is 3.72. The molecule has 0 saturated carbocycles. The summed E-state index contributed by atoms with van der Waals surface area (Å²) in [6.45, 7) is 0. The summed E-state index contributed by atoms with van der Waals surface area (Å²) in [7, 11) is 0. The zero-order valence-corrected chi connectivity index (χ0v) is 12.7. The number of nitro groups is 1. The lowest BCUT2D eigenvalue weighted by molar-refractivity contribution is -0.570. The third kappa shape index (κ3) is 2.22. The molecular weight excluding hydrogens is 329 g/mol. The summed E-state index contributed by atoms with van der Waals surface area (Å²) in [6.07, 6.45) is -2.69. The van der Waals surface area contributed by atoms with Crippen molar-refractivity contribution in [1.29, 1.82) is 0 Å². The number of hydrogen-bond donors (Lipinski definition) is 1. The average Bonchev–Trinajstić information content (AvgIpc) is 2.50. The standard InChI is InChI=1S/C15H11Cl2NO4/c16-10-5-3-4-9(8-10)14-15(17,18(20)21)13(19)11-6-1-2-7-12(11)22-14/h1-8,13-14,19H. The molecule has 0 aromatic heterocycles. The van der Waals surface area contributed by atoms with Gasteiger partial charge in [0.25, 0.3) is 0 Å². The van der Waals surface area contributed by atoms with Gasteiger partial charge in [0.05, 0.1) is 4.92 Å². The Morgan fingerprint density at radius 1 is 1.23 bits per heavy atom. The van der Waals surface area contributed by atoms with E-state index in [-0.39, 0.29) is 5.56 Å². The predicted octanol–water partition coefficient (Wildman–Crippen LogP) is 3.72. The molecular formula is C15H11Cl2NO4. The minimum absolute atomic E-state index is 0.285. The number of fused-ring (bicyclic) bond motifs is 1. The Balaban J connectivity index is 2.18. The van der Waals surface area contributed by atoms with E-state index < -0.39 is 22.1 Å². The Hall–Kier alpha value is -1.82. The van der Waals surface area contributed by atoms with Gasteiger partial charge in [-0.15, -0.1) is 0 Å². The Labute approximate surface area is 136 Å². The number of benzene rings is 2. The lowest BCUT2D eigenvalue weighted by Gasteiger charge is -2.37. The third-order valence-electron chi connectivity index (χ3n) is 3.64. The molecule has 0 radical (unpaired) electrons. The van der Waals surface area contributed by atoms with E-state index >= 15 is 0 Å². The lowest BCUT2D eigenvalue weighted by atomic mass is 9.90. The van der Waals surface area contributed by atoms with Gasteiger partial charge in [0.2, 0.25) is 6.10 Å². The fraction of sp³-hybridized carbons (Fsp3) is 0.200. The van der Waals surface area contributed by atoms with Crippen LogP contribution in [0.5, 0.6) is 5.75 Å². The average molecular weight is 340 g/mol. The minimum atomic E-state index is -2.24. The first-order valence-corrected chi connectivity index (χ1v) is 7.22. The van der Waals surface area contributed by atoms with Crippen molar-refractivity contribution in [3.63, 3.8) is 0 Å². The number of nitrogens with zero attached hydrogens (tertiary/aromatic N) is 1. The quantitative estimate of drug-likeness (QED) is 0.391. The smallest absolute Gasteiger partial charge is 0.364 e. The van der Waals surface area contributed by atoms with Crippen molar-refractivity contribution in [1.82, 2.24) is 0 Å². The van der Waals surface area contributed by atoms with Crippen LogP contribution in [0, 0.1) is 10.1 Å². The van der Waals surface area contributed by atoms with Crippen molar-refractivity contribution < 1.29 is 14.8 Å². The fourth-order valence-electron chi connectivity index (χ4n) is 2.55. The molecule has 114 valence electrons. The summed E-state index contributed by atoms with van der Waals surface area (Å²) in [6, 6.07) is 13.0. The highest BCUT2D eigenvalue weighted by atomic mass is 35.5. The van der Waals surface area contributed by atoms with Crippen LogP contribution in [0.3, 0.4) is 0 Å². The largest absolute Gasteiger partial charge is 0.476 e. The van der Waals surface area contributed by atoms with Crippen molar-refractivity contribution in [2.24, 2.45) is 0 Å². The van der Waals surface area contributed by atoms with Crippen LogP contribution in [0.2, 0.25) is 5.02 Å². The van der Waals surface area contributed by atoms with Crippen LogP contribution in [0.4, 0.5) is 0 Å². The second-order valence-electron chi connectivity index (χ2n) is 4.98. The van der Waals surface area contributed by atoms with Crippen molar-refractivity contribution in [3.05, 3.63) is 74.8 Å². The van der Waals surface area contributed by atoms with E-state index in [1.807, 2.05) is 0 Å². The van der Waals surface area contributed by atoms with Crippen LogP contribution >= 0.6 is 23.2 Å². The summed E-state index contributed by atoms with van der Waals surface area (Å²) < 4.78 is 5.73. The molecule has 0 spiro atoms. The number of para-hydroxylation sites is 1. The molecule has 3 atom stereocenters. The lowest BCUT2D eigenvalue weighted by Crippen LogP contribution is -2.49. The van der Waals surface area contributed by atoms with Gasteiger partial charge in [-0.1, -0.05) is 41.9 Å². The molecule has 3 rings (SSSR count). The van der Waals surface area contributed by atoms with Crippen LogP contribution in [0.15, 0.2) is 48.5 Å². The first kappa shape index (κ1) is 15.1. The predicted molar refractivity (Wildman–Crippen MR) is 81.8 cm³/mol. The Bertz CT molecular complexity index is 739. The number of halogens is 2. The molecule has 0 bridgehead atoms. The highest BCUT2D eigenvalue weighted by molar-refractivity contribution is 6.30.